The maximum atomic E-state index is 13.7. The average molecular weight is 243 g/mol. The van der Waals surface area contributed by atoms with Crippen LogP contribution in [-0.4, -0.2) is 12.6 Å². The fourth-order valence-corrected chi connectivity index (χ4v) is 1.40. The van der Waals surface area contributed by atoms with Crippen molar-refractivity contribution in [3.05, 3.63) is 29.8 Å². The van der Waals surface area contributed by atoms with Gasteiger partial charge < -0.3 is 10.5 Å². The summed E-state index contributed by atoms with van der Waals surface area (Å²) in [7, 11) is 0. The Labute approximate surface area is 98.6 Å². The van der Waals surface area contributed by atoms with Gasteiger partial charge in [-0.2, -0.15) is 0 Å². The lowest BCUT2D eigenvalue weighted by atomic mass is 10.0. The molecule has 0 saturated heterocycles. The zero-order valence-corrected chi connectivity index (χ0v) is 9.58. The summed E-state index contributed by atoms with van der Waals surface area (Å²) in [4.78, 5) is 11.0. The Hall–Kier alpha value is -1.65. The van der Waals surface area contributed by atoms with Crippen molar-refractivity contribution in [2.45, 2.75) is 25.7 Å². The Kier molecular flexibility index (Phi) is 4.43. The van der Waals surface area contributed by atoms with Crippen molar-refractivity contribution < 1.29 is 18.3 Å². The van der Waals surface area contributed by atoms with Crippen LogP contribution >= 0.6 is 0 Å². The zero-order valence-electron chi connectivity index (χ0n) is 9.58. The molecule has 0 aliphatic rings. The summed E-state index contributed by atoms with van der Waals surface area (Å²) in [6.45, 7) is 1.83. The first-order chi connectivity index (χ1) is 7.95. The predicted octanol–water partition coefficient (Wildman–Crippen LogP) is 2.70. The minimum Gasteiger partial charge on any atom is -0.466 e. The Balaban J connectivity index is 2.65. The van der Waals surface area contributed by atoms with Crippen LogP contribution in [0.4, 0.5) is 14.5 Å². The number of ether oxygens (including phenoxy) is 1. The first-order valence-corrected chi connectivity index (χ1v) is 5.35. The molecule has 0 bridgehead atoms. The normalized spacial score (nSPS) is 11.2. The number of nitrogens with two attached hydrogens (primary N) is 1. The van der Waals surface area contributed by atoms with E-state index in [1.165, 1.54) is 24.3 Å². The SMILES string of the molecule is CCOC(=O)CCC(F)(F)c1cccc(N)c1. The van der Waals surface area contributed by atoms with E-state index in [4.69, 9.17) is 5.73 Å². The van der Waals surface area contributed by atoms with E-state index in [9.17, 15) is 13.6 Å². The molecule has 0 spiro atoms. The van der Waals surface area contributed by atoms with Crippen molar-refractivity contribution in [3.63, 3.8) is 0 Å². The first kappa shape index (κ1) is 13.4. The Morgan fingerprint density at radius 2 is 2.18 bits per heavy atom. The number of hydrogen-bond donors (Lipinski definition) is 1. The van der Waals surface area contributed by atoms with Crippen LogP contribution in [0.3, 0.4) is 0 Å². The van der Waals surface area contributed by atoms with E-state index in [0.717, 1.165) is 0 Å². The molecular formula is C12H15F2NO2. The number of carbonyl (C=O) groups is 1. The number of hydrogen-bond acceptors (Lipinski definition) is 3. The van der Waals surface area contributed by atoms with E-state index >= 15 is 0 Å². The fourth-order valence-electron chi connectivity index (χ4n) is 1.40. The minimum atomic E-state index is -3.07. The van der Waals surface area contributed by atoms with Crippen molar-refractivity contribution in [1.29, 1.82) is 0 Å². The van der Waals surface area contributed by atoms with Gasteiger partial charge in [0.15, 0.2) is 0 Å². The van der Waals surface area contributed by atoms with Crippen LogP contribution in [0.15, 0.2) is 24.3 Å². The molecule has 0 aliphatic heterocycles. The van der Waals surface area contributed by atoms with E-state index in [-0.39, 0.29) is 24.3 Å². The fraction of sp³-hybridized carbons (Fsp3) is 0.417. The van der Waals surface area contributed by atoms with Crippen molar-refractivity contribution in [3.8, 4) is 0 Å². The number of halogens is 2. The highest BCUT2D eigenvalue weighted by Gasteiger charge is 2.32. The number of benzene rings is 1. The van der Waals surface area contributed by atoms with E-state index in [2.05, 4.69) is 4.74 Å². The van der Waals surface area contributed by atoms with E-state index in [0.29, 0.717) is 0 Å². The van der Waals surface area contributed by atoms with Gasteiger partial charge >= 0.3 is 5.97 Å². The monoisotopic (exact) mass is 243 g/mol. The molecule has 0 atom stereocenters. The molecule has 1 aromatic rings. The molecule has 5 heteroatoms. The highest BCUT2D eigenvalue weighted by atomic mass is 19.3. The van der Waals surface area contributed by atoms with Crippen LogP contribution < -0.4 is 5.73 Å². The molecule has 1 aromatic carbocycles. The lowest BCUT2D eigenvalue weighted by Gasteiger charge is -2.16. The predicted molar refractivity (Wildman–Crippen MR) is 60.6 cm³/mol. The second-order valence-electron chi connectivity index (χ2n) is 3.63. The van der Waals surface area contributed by atoms with E-state index in [1.807, 2.05) is 0 Å². The second kappa shape index (κ2) is 5.61. The maximum absolute atomic E-state index is 13.7. The van der Waals surface area contributed by atoms with Crippen LogP contribution in [0, 0.1) is 0 Å². The molecule has 94 valence electrons. The molecule has 1 rings (SSSR count). The lowest BCUT2D eigenvalue weighted by Crippen LogP contribution is -2.16. The first-order valence-electron chi connectivity index (χ1n) is 5.35. The van der Waals surface area contributed by atoms with Crippen LogP contribution in [-0.2, 0) is 15.5 Å². The molecule has 0 fully saturated rings. The van der Waals surface area contributed by atoms with Crippen LogP contribution in [0.25, 0.3) is 0 Å². The third-order valence-corrected chi connectivity index (χ3v) is 2.26. The third kappa shape index (κ3) is 4.01. The summed E-state index contributed by atoms with van der Waals surface area (Å²) in [5.74, 6) is -3.68. The molecule has 3 nitrogen and oxygen atoms in total. The van der Waals surface area contributed by atoms with Crippen LogP contribution in [0.1, 0.15) is 25.3 Å². The highest BCUT2D eigenvalue weighted by Crippen LogP contribution is 2.33. The zero-order chi connectivity index (χ0) is 12.9. The van der Waals surface area contributed by atoms with Gasteiger partial charge in [-0.05, 0) is 19.1 Å². The largest absolute Gasteiger partial charge is 0.466 e. The van der Waals surface area contributed by atoms with Crippen molar-refractivity contribution in [2.75, 3.05) is 12.3 Å². The number of esters is 1. The lowest BCUT2D eigenvalue weighted by molar-refractivity contribution is -0.145. The number of carbonyl (C=O) groups excluding carboxylic acids is 1. The summed E-state index contributed by atoms with van der Waals surface area (Å²) < 4.78 is 31.9. The quantitative estimate of drug-likeness (QED) is 0.639. The molecule has 0 saturated carbocycles. The maximum Gasteiger partial charge on any atom is 0.306 e. The second-order valence-corrected chi connectivity index (χ2v) is 3.63. The smallest absolute Gasteiger partial charge is 0.306 e. The standard InChI is InChI=1S/C12H15F2NO2/c1-2-17-11(16)6-7-12(13,14)9-4-3-5-10(15)8-9/h3-5,8H,2,6-7,15H2,1H3. The average Bonchev–Trinajstić information content (AvgIpc) is 2.27. The molecule has 2 N–H and O–H groups in total. The Morgan fingerprint density at radius 3 is 2.76 bits per heavy atom. The minimum absolute atomic E-state index is 0.179. The number of anilines is 1. The number of nitrogen functional groups attached to an aromatic ring is 1. The van der Waals surface area contributed by atoms with Gasteiger partial charge in [-0.15, -0.1) is 0 Å². The number of alkyl halides is 2. The van der Waals surface area contributed by atoms with Gasteiger partial charge in [-0.1, -0.05) is 12.1 Å². The topological polar surface area (TPSA) is 52.3 Å². The molecule has 17 heavy (non-hydrogen) atoms. The summed E-state index contributed by atoms with van der Waals surface area (Å²) in [5, 5.41) is 0. The van der Waals surface area contributed by atoms with Gasteiger partial charge in [0, 0.05) is 17.7 Å². The Bertz CT molecular complexity index is 394. The van der Waals surface area contributed by atoms with Gasteiger partial charge in [0.05, 0.1) is 13.0 Å². The summed E-state index contributed by atoms with van der Waals surface area (Å²) in [5.41, 5.74) is 5.53. The van der Waals surface area contributed by atoms with Crippen LogP contribution in [0.2, 0.25) is 0 Å². The molecule has 0 heterocycles. The highest BCUT2D eigenvalue weighted by molar-refractivity contribution is 5.69. The molecular weight excluding hydrogens is 228 g/mol. The van der Waals surface area contributed by atoms with Gasteiger partial charge in [0.1, 0.15) is 0 Å². The molecule has 0 amide bonds. The van der Waals surface area contributed by atoms with Crippen molar-refractivity contribution >= 4 is 11.7 Å². The molecule has 0 aliphatic carbocycles. The summed E-state index contributed by atoms with van der Waals surface area (Å²) >= 11 is 0. The Morgan fingerprint density at radius 1 is 1.47 bits per heavy atom. The van der Waals surface area contributed by atoms with Gasteiger partial charge in [0.25, 0.3) is 5.92 Å². The molecule has 0 unspecified atom stereocenters. The molecule has 0 aromatic heterocycles. The van der Waals surface area contributed by atoms with E-state index < -0.39 is 18.3 Å². The molecule has 0 radical (unpaired) electrons. The van der Waals surface area contributed by atoms with Crippen molar-refractivity contribution in [2.24, 2.45) is 0 Å². The van der Waals surface area contributed by atoms with Gasteiger partial charge in [-0.3, -0.25) is 4.79 Å². The number of rotatable bonds is 5. The van der Waals surface area contributed by atoms with Crippen LogP contribution in [0.5, 0.6) is 0 Å². The van der Waals surface area contributed by atoms with Gasteiger partial charge in [0.2, 0.25) is 0 Å². The van der Waals surface area contributed by atoms with E-state index in [1.54, 1.807) is 6.92 Å². The van der Waals surface area contributed by atoms with Gasteiger partial charge in [-0.25, -0.2) is 8.78 Å². The summed E-state index contributed by atoms with van der Waals surface area (Å²) in [6, 6.07) is 5.50. The van der Waals surface area contributed by atoms with Crippen molar-refractivity contribution in [1.82, 2.24) is 0 Å². The summed E-state index contributed by atoms with van der Waals surface area (Å²) in [6.07, 6.45) is -0.884. The third-order valence-electron chi connectivity index (χ3n) is 2.26.